The fraction of sp³-hybridized carbons (Fsp3) is 0.333. The molecule has 2 rings (SSSR count). The van der Waals surface area contributed by atoms with Crippen LogP contribution in [0, 0.1) is 0 Å². The molecular formula is C15H18N2O3S. The summed E-state index contributed by atoms with van der Waals surface area (Å²) in [5.74, 6) is 0.322. The average Bonchev–Trinajstić information content (AvgIpc) is 2.46. The second-order valence-corrected chi connectivity index (χ2v) is 4.94. The molecule has 5 nitrogen and oxygen atoms in total. The minimum atomic E-state index is -0.394. The molecule has 0 fully saturated rings. The van der Waals surface area contributed by atoms with Crippen molar-refractivity contribution < 1.29 is 14.3 Å². The molecule has 1 heterocycles. The summed E-state index contributed by atoms with van der Waals surface area (Å²) in [5, 5.41) is 6.54. The number of methoxy groups -OCH3 is 1. The molecule has 0 spiro atoms. The maximum Gasteiger partial charge on any atom is 0.338 e. The largest absolute Gasteiger partial charge is 0.496 e. The lowest BCUT2D eigenvalue weighted by Gasteiger charge is -2.30. The molecule has 2 N–H and O–H groups in total. The van der Waals surface area contributed by atoms with E-state index in [9.17, 15) is 4.79 Å². The van der Waals surface area contributed by atoms with Crippen LogP contribution < -0.4 is 15.4 Å². The van der Waals surface area contributed by atoms with Gasteiger partial charge in [0.1, 0.15) is 5.75 Å². The Morgan fingerprint density at radius 1 is 1.38 bits per heavy atom. The summed E-state index contributed by atoms with van der Waals surface area (Å²) in [6.07, 6.45) is 0. The molecule has 0 amide bonds. The van der Waals surface area contributed by atoms with Crippen LogP contribution in [0.5, 0.6) is 5.75 Å². The van der Waals surface area contributed by atoms with Gasteiger partial charge in [-0.2, -0.15) is 0 Å². The van der Waals surface area contributed by atoms with Gasteiger partial charge >= 0.3 is 5.97 Å². The van der Waals surface area contributed by atoms with Crippen molar-refractivity contribution in [3.8, 4) is 5.75 Å². The molecule has 21 heavy (non-hydrogen) atoms. The summed E-state index contributed by atoms with van der Waals surface area (Å²) in [6, 6.07) is 7.12. The third-order valence-corrected chi connectivity index (χ3v) is 3.43. The number of esters is 1. The number of ether oxygens (including phenoxy) is 2. The molecule has 1 aliphatic heterocycles. The monoisotopic (exact) mass is 306 g/mol. The van der Waals surface area contributed by atoms with Crippen LogP contribution in [-0.2, 0) is 9.53 Å². The zero-order valence-electron chi connectivity index (χ0n) is 12.2. The first-order valence-electron chi connectivity index (χ1n) is 6.66. The summed E-state index contributed by atoms with van der Waals surface area (Å²) in [6.45, 7) is 3.90. The fourth-order valence-corrected chi connectivity index (χ4v) is 2.58. The van der Waals surface area contributed by atoms with Crippen molar-refractivity contribution >= 4 is 23.3 Å². The van der Waals surface area contributed by atoms with Crippen LogP contribution in [0.15, 0.2) is 35.5 Å². The van der Waals surface area contributed by atoms with Crippen molar-refractivity contribution in [1.82, 2.24) is 10.6 Å². The average molecular weight is 306 g/mol. The maximum absolute atomic E-state index is 12.3. The quantitative estimate of drug-likeness (QED) is 0.656. The highest BCUT2D eigenvalue weighted by molar-refractivity contribution is 7.80. The van der Waals surface area contributed by atoms with Crippen molar-refractivity contribution in [1.29, 1.82) is 0 Å². The first kappa shape index (κ1) is 15.3. The SMILES string of the molecule is CCOC(=O)C1=C(C)NC(=S)N[C@H]1c1ccccc1OC. The summed E-state index contributed by atoms with van der Waals surface area (Å²) in [4.78, 5) is 12.3. The third kappa shape index (κ3) is 3.16. The predicted octanol–water partition coefficient (Wildman–Crippen LogP) is 2.05. The molecule has 0 aliphatic carbocycles. The van der Waals surface area contributed by atoms with Gasteiger partial charge in [-0.25, -0.2) is 4.79 Å². The van der Waals surface area contributed by atoms with Crippen molar-refractivity contribution in [2.45, 2.75) is 19.9 Å². The van der Waals surface area contributed by atoms with E-state index in [-0.39, 0.29) is 5.97 Å². The molecule has 0 saturated carbocycles. The molecule has 1 aromatic rings. The lowest BCUT2D eigenvalue weighted by Crippen LogP contribution is -2.45. The Balaban J connectivity index is 2.50. The van der Waals surface area contributed by atoms with Crippen molar-refractivity contribution in [3.05, 3.63) is 41.1 Å². The number of nitrogens with one attached hydrogen (secondary N) is 2. The number of carbonyl (C=O) groups excluding carboxylic acids is 1. The van der Waals surface area contributed by atoms with Crippen LogP contribution in [0.2, 0.25) is 0 Å². The molecule has 112 valence electrons. The van der Waals surface area contributed by atoms with E-state index in [4.69, 9.17) is 21.7 Å². The van der Waals surface area contributed by atoms with Gasteiger partial charge in [-0.3, -0.25) is 0 Å². The van der Waals surface area contributed by atoms with Gasteiger partial charge in [0, 0.05) is 11.3 Å². The second-order valence-electron chi connectivity index (χ2n) is 4.53. The van der Waals surface area contributed by atoms with E-state index < -0.39 is 6.04 Å². The van der Waals surface area contributed by atoms with E-state index in [0.29, 0.717) is 28.7 Å². The first-order chi connectivity index (χ1) is 10.1. The minimum absolute atomic E-state index is 0.318. The van der Waals surface area contributed by atoms with Crippen molar-refractivity contribution in [3.63, 3.8) is 0 Å². The van der Waals surface area contributed by atoms with Crippen LogP contribution in [0.25, 0.3) is 0 Å². The number of benzene rings is 1. The Hall–Kier alpha value is -2.08. The highest BCUT2D eigenvalue weighted by Gasteiger charge is 2.32. The Kier molecular flexibility index (Phi) is 4.80. The molecule has 1 aromatic carbocycles. The topological polar surface area (TPSA) is 59.6 Å². The van der Waals surface area contributed by atoms with E-state index in [1.165, 1.54) is 0 Å². The Morgan fingerprint density at radius 3 is 2.76 bits per heavy atom. The number of rotatable bonds is 4. The van der Waals surface area contributed by atoms with Crippen LogP contribution in [0.3, 0.4) is 0 Å². The van der Waals surface area contributed by atoms with Crippen molar-refractivity contribution in [2.75, 3.05) is 13.7 Å². The number of thiocarbonyl (C=S) groups is 1. The van der Waals surface area contributed by atoms with Gasteiger partial charge < -0.3 is 20.1 Å². The van der Waals surface area contributed by atoms with Gasteiger partial charge in [0.2, 0.25) is 0 Å². The zero-order valence-corrected chi connectivity index (χ0v) is 13.0. The number of hydrogen-bond acceptors (Lipinski definition) is 4. The highest BCUT2D eigenvalue weighted by atomic mass is 32.1. The molecule has 1 atom stereocenters. The van der Waals surface area contributed by atoms with E-state index in [0.717, 1.165) is 5.56 Å². The lowest BCUT2D eigenvalue weighted by molar-refractivity contribution is -0.139. The highest BCUT2D eigenvalue weighted by Crippen LogP contribution is 2.33. The zero-order chi connectivity index (χ0) is 15.4. The predicted molar refractivity (Wildman–Crippen MR) is 83.9 cm³/mol. The van der Waals surface area contributed by atoms with Gasteiger partial charge in [-0.1, -0.05) is 18.2 Å². The summed E-state index contributed by atoms with van der Waals surface area (Å²) < 4.78 is 10.5. The van der Waals surface area contributed by atoms with Gasteiger partial charge in [0.05, 0.1) is 25.3 Å². The van der Waals surface area contributed by atoms with E-state index in [2.05, 4.69) is 10.6 Å². The molecular weight excluding hydrogens is 288 g/mol. The molecule has 1 aliphatic rings. The molecule has 6 heteroatoms. The fourth-order valence-electron chi connectivity index (χ4n) is 2.31. The van der Waals surface area contributed by atoms with Crippen LogP contribution >= 0.6 is 12.2 Å². The lowest BCUT2D eigenvalue weighted by atomic mass is 9.95. The third-order valence-electron chi connectivity index (χ3n) is 3.21. The van der Waals surface area contributed by atoms with Crippen LogP contribution in [0.1, 0.15) is 25.5 Å². The molecule has 0 unspecified atom stereocenters. The molecule has 0 aromatic heterocycles. The normalized spacial score (nSPS) is 17.9. The molecule has 0 saturated heterocycles. The van der Waals surface area contributed by atoms with E-state index in [1.54, 1.807) is 14.0 Å². The maximum atomic E-state index is 12.3. The number of hydrogen-bond donors (Lipinski definition) is 2. The Morgan fingerprint density at radius 2 is 2.10 bits per heavy atom. The summed E-state index contributed by atoms with van der Waals surface area (Å²) in [7, 11) is 1.60. The van der Waals surface area contributed by atoms with Gasteiger partial charge in [0.25, 0.3) is 0 Å². The first-order valence-corrected chi connectivity index (χ1v) is 7.07. The van der Waals surface area contributed by atoms with Crippen molar-refractivity contribution in [2.24, 2.45) is 0 Å². The van der Waals surface area contributed by atoms with Crippen LogP contribution in [-0.4, -0.2) is 24.8 Å². The number of carbonyl (C=O) groups is 1. The minimum Gasteiger partial charge on any atom is -0.496 e. The van der Waals surface area contributed by atoms with Gasteiger partial charge in [-0.05, 0) is 32.1 Å². The van der Waals surface area contributed by atoms with E-state index in [1.807, 2.05) is 31.2 Å². The number of para-hydroxylation sites is 1. The smallest absolute Gasteiger partial charge is 0.338 e. The summed E-state index contributed by atoms with van der Waals surface area (Å²) in [5.41, 5.74) is 2.04. The number of allylic oxidation sites excluding steroid dienone is 1. The standard InChI is InChI=1S/C15H18N2O3S/c1-4-20-14(18)12-9(2)16-15(21)17-13(12)10-7-5-6-8-11(10)19-3/h5-8,13H,4H2,1-3H3,(H2,16,17,21)/t13-/m0/s1. The van der Waals surface area contributed by atoms with Crippen LogP contribution in [0.4, 0.5) is 0 Å². The Labute approximate surface area is 129 Å². The second kappa shape index (κ2) is 6.58. The molecule has 0 radical (unpaired) electrons. The van der Waals surface area contributed by atoms with Gasteiger partial charge in [0.15, 0.2) is 5.11 Å². The summed E-state index contributed by atoms with van der Waals surface area (Å²) >= 11 is 5.19. The van der Waals surface area contributed by atoms with Gasteiger partial charge in [-0.15, -0.1) is 0 Å². The Bertz CT molecular complexity index is 598. The molecule has 0 bridgehead atoms. The van der Waals surface area contributed by atoms with E-state index >= 15 is 0 Å².